The van der Waals surface area contributed by atoms with Gasteiger partial charge in [-0.25, -0.2) is 4.79 Å². The lowest BCUT2D eigenvalue weighted by atomic mass is 10.2. The molecule has 0 saturated carbocycles. The molecule has 6 heteroatoms. The molecule has 0 fully saturated rings. The number of nitro benzene ring substituents is 1. The predicted octanol–water partition coefficient (Wildman–Crippen LogP) is 2.50. The number of nitrogens with zero attached hydrogens (tertiary/aromatic N) is 1. The number of esters is 1. The van der Waals surface area contributed by atoms with Crippen LogP contribution in [0.5, 0.6) is 0 Å². The number of hydrogen-bond acceptors (Lipinski definition) is 4. The van der Waals surface area contributed by atoms with E-state index in [1.165, 1.54) is 25.3 Å². The molecule has 1 rings (SSSR count). The smallest absolute Gasteiger partial charge is 0.344 e. The summed E-state index contributed by atoms with van der Waals surface area (Å²) in [4.78, 5) is 21.0. The van der Waals surface area contributed by atoms with Gasteiger partial charge in [0, 0.05) is 12.1 Å². The SMILES string of the molecule is COC(=O)/C(Br)=C\c1ccc([N+](=O)[O-])cc1. The minimum absolute atomic E-state index is 0.00587. The molecule has 0 saturated heterocycles. The van der Waals surface area contributed by atoms with E-state index in [-0.39, 0.29) is 10.2 Å². The van der Waals surface area contributed by atoms with Gasteiger partial charge in [0.2, 0.25) is 0 Å². The molecular formula is C10H8BrNO4. The molecule has 0 bridgehead atoms. The summed E-state index contributed by atoms with van der Waals surface area (Å²) < 4.78 is 4.74. The van der Waals surface area contributed by atoms with Crippen LogP contribution in [0.1, 0.15) is 5.56 Å². The van der Waals surface area contributed by atoms with E-state index in [0.29, 0.717) is 5.56 Å². The molecule has 0 unspecified atom stereocenters. The minimum atomic E-state index is -0.502. The number of ether oxygens (including phenoxy) is 1. The van der Waals surface area contributed by atoms with Gasteiger partial charge < -0.3 is 4.74 Å². The Hall–Kier alpha value is -1.69. The fraction of sp³-hybridized carbons (Fsp3) is 0.100. The second kappa shape index (κ2) is 5.41. The highest BCUT2D eigenvalue weighted by Gasteiger charge is 2.06. The fourth-order valence-electron chi connectivity index (χ4n) is 0.995. The van der Waals surface area contributed by atoms with E-state index >= 15 is 0 Å². The summed E-state index contributed by atoms with van der Waals surface area (Å²) in [5.74, 6) is -0.502. The fourth-order valence-corrected chi connectivity index (χ4v) is 1.42. The molecule has 1 aromatic carbocycles. The lowest BCUT2D eigenvalue weighted by Crippen LogP contribution is -1.98. The zero-order valence-electron chi connectivity index (χ0n) is 8.34. The van der Waals surface area contributed by atoms with Crippen molar-refractivity contribution in [3.63, 3.8) is 0 Å². The summed E-state index contributed by atoms with van der Waals surface area (Å²) in [6.45, 7) is 0. The lowest BCUT2D eigenvalue weighted by Gasteiger charge is -1.97. The Bertz CT molecular complexity index is 439. The Morgan fingerprint density at radius 3 is 2.44 bits per heavy atom. The average Bonchev–Trinajstić information content (AvgIpc) is 2.28. The molecule has 0 amide bonds. The largest absolute Gasteiger partial charge is 0.465 e. The molecule has 0 aliphatic heterocycles. The number of carbonyl (C=O) groups excluding carboxylic acids is 1. The number of benzene rings is 1. The van der Waals surface area contributed by atoms with Crippen molar-refractivity contribution in [3.05, 3.63) is 44.4 Å². The zero-order chi connectivity index (χ0) is 12.1. The quantitative estimate of drug-likeness (QED) is 0.370. The third-order valence-electron chi connectivity index (χ3n) is 1.78. The van der Waals surface area contributed by atoms with Gasteiger partial charge in [0.25, 0.3) is 5.69 Å². The number of rotatable bonds is 3. The second-order valence-corrected chi connectivity index (χ2v) is 3.69. The Labute approximate surface area is 100.0 Å². The summed E-state index contributed by atoms with van der Waals surface area (Å²) in [7, 11) is 1.27. The highest BCUT2D eigenvalue weighted by Crippen LogP contribution is 2.17. The van der Waals surface area contributed by atoms with Crippen molar-refractivity contribution in [1.82, 2.24) is 0 Å². The van der Waals surface area contributed by atoms with Crippen molar-refractivity contribution < 1.29 is 14.5 Å². The number of non-ortho nitro benzene ring substituents is 1. The van der Waals surface area contributed by atoms with E-state index in [1.807, 2.05) is 0 Å². The maximum Gasteiger partial charge on any atom is 0.344 e. The normalized spacial score (nSPS) is 11.0. The summed E-state index contributed by atoms with van der Waals surface area (Å²) in [5, 5.41) is 10.4. The van der Waals surface area contributed by atoms with Crippen molar-refractivity contribution in [2.45, 2.75) is 0 Å². The van der Waals surface area contributed by atoms with E-state index in [4.69, 9.17) is 0 Å². The van der Waals surface area contributed by atoms with Gasteiger partial charge in [-0.05, 0) is 39.7 Å². The van der Waals surface area contributed by atoms with Gasteiger partial charge in [-0.2, -0.15) is 0 Å². The van der Waals surface area contributed by atoms with E-state index in [1.54, 1.807) is 12.1 Å². The van der Waals surface area contributed by atoms with Gasteiger partial charge in [0.1, 0.15) is 4.48 Å². The van der Waals surface area contributed by atoms with Gasteiger partial charge in [-0.1, -0.05) is 0 Å². The van der Waals surface area contributed by atoms with Crippen LogP contribution < -0.4 is 0 Å². The molecule has 0 N–H and O–H groups in total. The van der Waals surface area contributed by atoms with Crippen LogP contribution in [-0.4, -0.2) is 18.0 Å². The highest BCUT2D eigenvalue weighted by atomic mass is 79.9. The lowest BCUT2D eigenvalue weighted by molar-refractivity contribution is -0.384. The Morgan fingerprint density at radius 1 is 1.44 bits per heavy atom. The van der Waals surface area contributed by atoms with Gasteiger partial charge in [-0.15, -0.1) is 0 Å². The van der Waals surface area contributed by atoms with E-state index < -0.39 is 10.9 Å². The van der Waals surface area contributed by atoms with Crippen LogP contribution in [0.3, 0.4) is 0 Å². The van der Waals surface area contributed by atoms with Crippen molar-refractivity contribution in [3.8, 4) is 0 Å². The molecule has 84 valence electrons. The Balaban J connectivity index is 2.91. The first-order valence-corrected chi connectivity index (χ1v) is 5.04. The molecule has 0 radical (unpaired) electrons. The van der Waals surface area contributed by atoms with Crippen LogP contribution in [0.4, 0.5) is 5.69 Å². The molecule has 0 aliphatic rings. The van der Waals surface area contributed by atoms with Crippen molar-refractivity contribution >= 4 is 33.7 Å². The topological polar surface area (TPSA) is 69.4 Å². The summed E-state index contributed by atoms with van der Waals surface area (Å²) in [6, 6.07) is 5.82. The molecule has 0 aromatic heterocycles. The monoisotopic (exact) mass is 285 g/mol. The van der Waals surface area contributed by atoms with Gasteiger partial charge >= 0.3 is 5.97 Å². The van der Waals surface area contributed by atoms with Gasteiger partial charge in [-0.3, -0.25) is 10.1 Å². The molecular weight excluding hydrogens is 278 g/mol. The minimum Gasteiger partial charge on any atom is -0.465 e. The van der Waals surface area contributed by atoms with Gasteiger partial charge in [0.15, 0.2) is 0 Å². The molecule has 16 heavy (non-hydrogen) atoms. The maximum atomic E-state index is 11.0. The Kier molecular flexibility index (Phi) is 4.19. The van der Waals surface area contributed by atoms with E-state index in [2.05, 4.69) is 20.7 Å². The molecule has 1 aromatic rings. The average molecular weight is 286 g/mol. The molecule has 0 atom stereocenters. The zero-order valence-corrected chi connectivity index (χ0v) is 9.93. The third kappa shape index (κ3) is 3.16. The molecule has 0 heterocycles. The molecule has 5 nitrogen and oxygen atoms in total. The first kappa shape index (κ1) is 12.4. The second-order valence-electron chi connectivity index (χ2n) is 2.83. The summed E-state index contributed by atoms with van der Waals surface area (Å²) >= 11 is 3.04. The molecule has 0 spiro atoms. The standard InChI is InChI=1S/C10H8BrNO4/c1-16-10(13)9(11)6-7-2-4-8(5-3-7)12(14)15/h2-6H,1H3/b9-6+. The van der Waals surface area contributed by atoms with Crippen LogP contribution in [0.25, 0.3) is 6.08 Å². The third-order valence-corrected chi connectivity index (χ3v) is 2.33. The Morgan fingerprint density at radius 2 is 2.00 bits per heavy atom. The highest BCUT2D eigenvalue weighted by molar-refractivity contribution is 9.12. The molecule has 0 aliphatic carbocycles. The number of methoxy groups -OCH3 is 1. The predicted molar refractivity (Wildman–Crippen MR) is 62.0 cm³/mol. The van der Waals surface area contributed by atoms with E-state index in [9.17, 15) is 14.9 Å². The van der Waals surface area contributed by atoms with Crippen molar-refractivity contribution in [2.75, 3.05) is 7.11 Å². The van der Waals surface area contributed by atoms with E-state index in [0.717, 1.165) is 0 Å². The summed E-state index contributed by atoms with van der Waals surface area (Å²) in [5.41, 5.74) is 0.675. The van der Waals surface area contributed by atoms with Crippen molar-refractivity contribution in [1.29, 1.82) is 0 Å². The number of carbonyl (C=O) groups is 1. The van der Waals surface area contributed by atoms with Crippen LogP contribution >= 0.6 is 15.9 Å². The van der Waals surface area contributed by atoms with Crippen LogP contribution in [0, 0.1) is 10.1 Å². The van der Waals surface area contributed by atoms with Crippen molar-refractivity contribution in [2.24, 2.45) is 0 Å². The summed E-state index contributed by atoms with van der Waals surface area (Å²) in [6.07, 6.45) is 1.52. The van der Waals surface area contributed by atoms with Crippen LogP contribution in [0.2, 0.25) is 0 Å². The van der Waals surface area contributed by atoms with Gasteiger partial charge in [0.05, 0.1) is 12.0 Å². The number of nitro groups is 1. The van der Waals surface area contributed by atoms with Crippen LogP contribution in [0.15, 0.2) is 28.7 Å². The first-order chi connectivity index (χ1) is 7.54. The maximum absolute atomic E-state index is 11.0. The number of halogens is 1. The first-order valence-electron chi connectivity index (χ1n) is 4.24. The van der Waals surface area contributed by atoms with Crippen LogP contribution in [-0.2, 0) is 9.53 Å². The number of hydrogen-bond donors (Lipinski definition) is 0.